The smallest absolute Gasteiger partial charge is 0.330 e. The van der Waals surface area contributed by atoms with Gasteiger partial charge in [0, 0.05) is 24.1 Å². The van der Waals surface area contributed by atoms with Crippen LogP contribution in [0.25, 0.3) is 6.08 Å². The minimum Gasteiger partial charge on any atom is -0.497 e. The molecule has 2 rings (SSSR count). The number of benzene rings is 2. The summed E-state index contributed by atoms with van der Waals surface area (Å²) in [5.41, 5.74) is 0.741. The Morgan fingerprint density at radius 3 is 2.42 bits per heavy atom. The number of carbonyl (C=O) groups is 1. The quantitative estimate of drug-likeness (QED) is 0.386. The summed E-state index contributed by atoms with van der Waals surface area (Å²) >= 11 is 0. The van der Waals surface area contributed by atoms with Crippen molar-refractivity contribution in [3.63, 3.8) is 0 Å². The number of methoxy groups -OCH3 is 2. The topological polar surface area (TPSA) is 54.0 Å². The van der Waals surface area contributed by atoms with Crippen molar-refractivity contribution in [3.8, 4) is 17.2 Å². The normalized spacial score (nSPS) is 10.6. The van der Waals surface area contributed by atoms with Gasteiger partial charge in [-0.1, -0.05) is 0 Å². The predicted octanol–water partition coefficient (Wildman–Crippen LogP) is 3.87. The molecule has 0 radical (unpaired) electrons. The molecule has 0 spiro atoms. The van der Waals surface area contributed by atoms with Crippen LogP contribution >= 0.6 is 0 Å². The highest BCUT2D eigenvalue weighted by Gasteiger charge is 2.04. The van der Waals surface area contributed by atoms with Gasteiger partial charge in [0.25, 0.3) is 0 Å². The van der Waals surface area contributed by atoms with Crippen LogP contribution < -0.4 is 14.2 Å². The van der Waals surface area contributed by atoms with E-state index in [1.807, 2.05) is 0 Å². The predicted molar refractivity (Wildman–Crippen MR) is 96.1 cm³/mol. The van der Waals surface area contributed by atoms with E-state index in [0.717, 1.165) is 5.56 Å². The van der Waals surface area contributed by atoms with E-state index in [9.17, 15) is 9.18 Å². The molecule has 0 amide bonds. The summed E-state index contributed by atoms with van der Waals surface area (Å²) < 4.78 is 33.7. The minimum atomic E-state index is -0.454. The third kappa shape index (κ3) is 6.12. The van der Waals surface area contributed by atoms with Crippen molar-refractivity contribution in [2.24, 2.45) is 0 Å². The SMILES string of the molecule is COc1ccc(/C=C/C(=O)OCCCOc2ccc(F)cc2)c(OC)c1. The maximum atomic E-state index is 12.8. The highest BCUT2D eigenvalue weighted by atomic mass is 19.1. The fourth-order valence-electron chi connectivity index (χ4n) is 2.11. The highest BCUT2D eigenvalue weighted by molar-refractivity contribution is 5.87. The summed E-state index contributed by atoms with van der Waals surface area (Å²) in [7, 11) is 3.12. The Bertz CT molecular complexity index is 740. The zero-order valence-electron chi connectivity index (χ0n) is 14.7. The summed E-state index contributed by atoms with van der Waals surface area (Å²) in [4.78, 5) is 11.8. The van der Waals surface area contributed by atoms with Crippen molar-refractivity contribution in [1.29, 1.82) is 0 Å². The third-order valence-electron chi connectivity index (χ3n) is 3.45. The lowest BCUT2D eigenvalue weighted by Crippen LogP contribution is -2.06. The molecule has 0 saturated heterocycles. The molecule has 2 aromatic rings. The van der Waals surface area contributed by atoms with Crippen LogP contribution in [0.4, 0.5) is 4.39 Å². The number of carbonyl (C=O) groups excluding carboxylic acids is 1. The highest BCUT2D eigenvalue weighted by Crippen LogP contribution is 2.25. The summed E-state index contributed by atoms with van der Waals surface area (Å²) in [5, 5.41) is 0. The van der Waals surface area contributed by atoms with Gasteiger partial charge in [-0.05, 0) is 42.5 Å². The molecule has 0 fully saturated rings. The van der Waals surface area contributed by atoms with Crippen molar-refractivity contribution >= 4 is 12.0 Å². The lowest BCUT2D eigenvalue weighted by molar-refractivity contribution is -0.137. The molecule has 0 aliphatic carbocycles. The molecule has 0 aliphatic rings. The summed E-state index contributed by atoms with van der Waals surface area (Å²) in [6, 6.07) is 11.1. The molecule has 6 heteroatoms. The van der Waals surface area contributed by atoms with Crippen LogP contribution in [0.15, 0.2) is 48.5 Å². The zero-order valence-corrected chi connectivity index (χ0v) is 14.7. The van der Waals surface area contributed by atoms with Gasteiger partial charge in [0.1, 0.15) is 23.1 Å². The van der Waals surface area contributed by atoms with E-state index in [1.165, 1.54) is 18.2 Å². The van der Waals surface area contributed by atoms with Crippen LogP contribution in [0.3, 0.4) is 0 Å². The monoisotopic (exact) mass is 360 g/mol. The van der Waals surface area contributed by atoms with Gasteiger partial charge in [0.2, 0.25) is 0 Å². The molecule has 0 atom stereocenters. The van der Waals surface area contributed by atoms with Gasteiger partial charge in [-0.2, -0.15) is 0 Å². The van der Waals surface area contributed by atoms with E-state index in [-0.39, 0.29) is 12.4 Å². The maximum absolute atomic E-state index is 12.8. The summed E-state index contributed by atoms with van der Waals surface area (Å²) in [5.74, 6) is 1.07. The van der Waals surface area contributed by atoms with Crippen LogP contribution in [0.5, 0.6) is 17.2 Å². The molecule has 0 aromatic heterocycles. The molecule has 5 nitrogen and oxygen atoms in total. The standard InChI is InChI=1S/C20H21FO5/c1-23-18-8-4-15(19(14-18)24-2)5-11-20(22)26-13-3-12-25-17-9-6-16(21)7-10-17/h4-11,14H,3,12-13H2,1-2H3/b11-5+. The first-order chi connectivity index (χ1) is 12.6. The molecule has 0 saturated carbocycles. The summed E-state index contributed by atoms with van der Waals surface area (Å²) in [6.07, 6.45) is 3.49. The van der Waals surface area contributed by atoms with Crippen molar-refractivity contribution in [1.82, 2.24) is 0 Å². The number of esters is 1. The molecule has 2 aromatic carbocycles. The van der Waals surface area contributed by atoms with Gasteiger partial charge < -0.3 is 18.9 Å². The Morgan fingerprint density at radius 1 is 1.00 bits per heavy atom. The average Bonchev–Trinajstić information content (AvgIpc) is 2.67. The number of halogens is 1. The summed E-state index contributed by atoms with van der Waals surface area (Å²) in [6.45, 7) is 0.596. The Morgan fingerprint density at radius 2 is 1.73 bits per heavy atom. The van der Waals surface area contributed by atoms with Crippen molar-refractivity contribution in [2.75, 3.05) is 27.4 Å². The Hall–Kier alpha value is -3.02. The van der Waals surface area contributed by atoms with Gasteiger partial charge in [0.15, 0.2) is 0 Å². The van der Waals surface area contributed by atoms with E-state index in [2.05, 4.69) is 0 Å². The van der Waals surface area contributed by atoms with E-state index >= 15 is 0 Å². The first-order valence-electron chi connectivity index (χ1n) is 8.07. The number of hydrogen-bond donors (Lipinski definition) is 0. The minimum absolute atomic E-state index is 0.226. The van der Waals surface area contributed by atoms with Gasteiger partial charge in [-0.25, -0.2) is 9.18 Å². The number of hydrogen-bond acceptors (Lipinski definition) is 5. The molecule has 0 unspecified atom stereocenters. The molecular formula is C20H21FO5. The van der Waals surface area contributed by atoms with Crippen molar-refractivity contribution < 1.29 is 28.1 Å². The Labute approximate surface area is 151 Å². The van der Waals surface area contributed by atoms with Crippen molar-refractivity contribution in [3.05, 3.63) is 59.9 Å². The lowest BCUT2D eigenvalue weighted by Gasteiger charge is -2.07. The number of rotatable bonds is 9. The molecule has 138 valence electrons. The second-order valence-electron chi connectivity index (χ2n) is 5.26. The van der Waals surface area contributed by atoms with E-state index in [1.54, 1.807) is 50.6 Å². The average molecular weight is 360 g/mol. The Kier molecular flexibility index (Phi) is 7.49. The second-order valence-corrected chi connectivity index (χ2v) is 5.26. The molecule has 26 heavy (non-hydrogen) atoms. The Balaban J connectivity index is 1.73. The molecular weight excluding hydrogens is 339 g/mol. The fraction of sp³-hybridized carbons (Fsp3) is 0.250. The zero-order chi connectivity index (χ0) is 18.8. The van der Waals surface area contributed by atoms with Gasteiger partial charge in [-0.3, -0.25) is 0 Å². The van der Waals surface area contributed by atoms with E-state index in [4.69, 9.17) is 18.9 Å². The number of ether oxygens (including phenoxy) is 4. The van der Waals surface area contributed by atoms with Gasteiger partial charge in [-0.15, -0.1) is 0 Å². The van der Waals surface area contributed by atoms with Crippen molar-refractivity contribution in [2.45, 2.75) is 6.42 Å². The lowest BCUT2D eigenvalue weighted by atomic mass is 10.2. The molecule has 0 N–H and O–H groups in total. The van der Waals surface area contributed by atoms with Crippen LogP contribution in [-0.4, -0.2) is 33.4 Å². The van der Waals surface area contributed by atoms with Crippen LogP contribution in [0.1, 0.15) is 12.0 Å². The van der Waals surface area contributed by atoms with Crippen LogP contribution in [-0.2, 0) is 9.53 Å². The molecule has 0 heterocycles. The second kappa shape index (κ2) is 10.1. The third-order valence-corrected chi connectivity index (χ3v) is 3.45. The molecule has 0 aliphatic heterocycles. The first kappa shape index (κ1) is 19.3. The van der Waals surface area contributed by atoms with Gasteiger partial charge >= 0.3 is 5.97 Å². The largest absolute Gasteiger partial charge is 0.497 e. The van der Waals surface area contributed by atoms with E-state index in [0.29, 0.717) is 30.3 Å². The first-order valence-corrected chi connectivity index (χ1v) is 8.07. The fourth-order valence-corrected chi connectivity index (χ4v) is 2.11. The van der Waals surface area contributed by atoms with Crippen LogP contribution in [0, 0.1) is 5.82 Å². The maximum Gasteiger partial charge on any atom is 0.330 e. The van der Waals surface area contributed by atoms with Crippen LogP contribution in [0.2, 0.25) is 0 Å². The van der Waals surface area contributed by atoms with E-state index < -0.39 is 5.97 Å². The molecule has 0 bridgehead atoms. The van der Waals surface area contributed by atoms with Gasteiger partial charge in [0.05, 0.1) is 27.4 Å².